The maximum Gasteiger partial charge on any atom is 0.268 e. The summed E-state index contributed by atoms with van der Waals surface area (Å²) in [6.07, 6.45) is 4.14. The first-order valence-electron chi connectivity index (χ1n) is 7.14. The first-order chi connectivity index (χ1) is 10.2. The Balaban J connectivity index is 1.65. The summed E-state index contributed by atoms with van der Waals surface area (Å²) in [5, 5.41) is 6.32. The molecule has 0 aliphatic carbocycles. The van der Waals surface area contributed by atoms with E-state index in [2.05, 4.69) is 15.2 Å². The van der Waals surface area contributed by atoms with Crippen molar-refractivity contribution in [1.82, 2.24) is 15.2 Å². The van der Waals surface area contributed by atoms with Gasteiger partial charge in [-0.3, -0.25) is 4.79 Å². The molecule has 0 bridgehead atoms. The lowest BCUT2D eigenvalue weighted by Gasteiger charge is -2.25. The molecular weight excluding hydrogens is 306 g/mol. The van der Waals surface area contributed by atoms with E-state index < -0.39 is 0 Å². The van der Waals surface area contributed by atoms with Crippen molar-refractivity contribution in [2.45, 2.75) is 25.4 Å². The second-order valence-electron chi connectivity index (χ2n) is 5.17. The molecule has 112 valence electrons. The van der Waals surface area contributed by atoms with Crippen LogP contribution >= 0.6 is 22.9 Å². The molecule has 21 heavy (non-hydrogen) atoms. The van der Waals surface area contributed by atoms with E-state index in [0.717, 1.165) is 40.8 Å². The lowest BCUT2D eigenvalue weighted by Crippen LogP contribution is -2.32. The zero-order valence-corrected chi connectivity index (χ0v) is 13.2. The van der Waals surface area contributed by atoms with Crippen molar-refractivity contribution in [3.05, 3.63) is 45.4 Å². The number of rotatable bonds is 4. The van der Waals surface area contributed by atoms with Gasteiger partial charge in [-0.25, -0.2) is 0 Å². The predicted octanol–water partition coefficient (Wildman–Crippen LogP) is 3.06. The van der Waals surface area contributed by atoms with Gasteiger partial charge in [0.1, 0.15) is 5.69 Å². The number of halogens is 1. The summed E-state index contributed by atoms with van der Waals surface area (Å²) in [5.41, 5.74) is 0.740. The van der Waals surface area contributed by atoms with Gasteiger partial charge in [0, 0.05) is 17.1 Å². The highest BCUT2D eigenvalue weighted by molar-refractivity contribution is 7.16. The average molecular weight is 324 g/mol. The predicted molar refractivity (Wildman–Crippen MR) is 86.1 cm³/mol. The molecule has 1 aliphatic heterocycles. The monoisotopic (exact) mass is 323 g/mol. The number of nitrogens with one attached hydrogen (secondary N) is 2. The standard InChI is InChI=1S/C15H18ClN3OS/c16-14-4-3-12(21-14)10-18-15(20)13-2-1-9-19(13)11-5-7-17-8-6-11/h1-4,9,11,17H,5-8,10H2,(H,18,20). The minimum absolute atomic E-state index is 0.0249. The van der Waals surface area contributed by atoms with Crippen LogP contribution in [0.1, 0.15) is 34.2 Å². The Hall–Kier alpha value is -1.30. The summed E-state index contributed by atoms with van der Waals surface area (Å²) in [4.78, 5) is 13.4. The van der Waals surface area contributed by atoms with Crippen molar-refractivity contribution < 1.29 is 4.79 Å². The van der Waals surface area contributed by atoms with Crippen LogP contribution in [0, 0.1) is 0 Å². The van der Waals surface area contributed by atoms with Crippen LogP contribution < -0.4 is 10.6 Å². The van der Waals surface area contributed by atoms with Gasteiger partial charge in [0.25, 0.3) is 5.91 Å². The van der Waals surface area contributed by atoms with Gasteiger partial charge in [-0.05, 0) is 50.2 Å². The van der Waals surface area contributed by atoms with Gasteiger partial charge in [-0.15, -0.1) is 11.3 Å². The smallest absolute Gasteiger partial charge is 0.268 e. The van der Waals surface area contributed by atoms with Crippen LogP contribution in [0.25, 0.3) is 0 Å². The molecule has 3 heterocycles. The van der Waals surface area contributed by atoms with Gasteiger partial charge in [0.2, 0.25) is 0 Å². The fourth-order valence-corrected chi connectivity index (χ4v) is 3.72. The second-order valence-corrected chi connectivity index (χ2v) is 6.97. The Kier molecular flexibility index (Phi) is 4.63. The number of hydrogen-bond acceptors (Lipinski definition) is 3. The van der Waals surface area contributed by atoms with E-state index in [4.69, 9.17) is 11.6 Å². The van der Waals surface area contributed by atoms with E-state index in [-0.39, 0.29) is 5.91 Å². The Labute approximate surface area is 133 Å². The van der Waals surface area contributed by atoms with Crippen LogP contribution in [0.15, 0.2) is 30.5 Å². The molecule has 0 spiro atoms. The number of amides is 1. The lowest BCUT2D eigenvalue weighted by atomic mass is 10.1. The SMILES string of the molecule is O=C(NCc1ccc(Cl)s1)c1cccn1C1CCNCC1. The minimum Gasteiger partial charge on any atom is -0.346 e. The van der Waals surface area contributed by atoms with E-state index in [1.165, 1.54) is 11.3 Å². The van der Waals surface area contributed by atoms with Crippen LogP contribution in [-0.2, 0) is 6.54 Å². The molecular formula is C15H18ClN3OS. The number of carbonyl (C=O) groups excluding carboxylic acids is 1. The summed E-state index contributed by atoms with van der Waals surface area (Å²) < 4.78 is 2.86. The van der Waals surface area contributed by atoms with Crippen molar-refractivity contribution in [2.24, 2.45) is 0 Å². The molecule has 0 atom stereocenters. The molecule has 3 rings (SSSR count). The Morgan fingerprint density at radius 2 is 2.19 bits per heavy atom. The third kappa shape index (κ3) is 3.48. The number of aromatic nitrogens is 1. The molecule has 0 radical (unpaired) electrons. The quantitative estimate of drug-likeness (QED) is 0.908. The van der Waals surface area contributed by atoms with Crippen LogP contribution in [-0.4, -0.2) is 23.6 Å². The van der Waals surface area contributed by atoms with E-state index >= 15 is 0 Å². The summed E-state index contributed by atoms with van der Waals surface area (Å²) in [7, 11) is 0. The molecule has 0 aromatic carbocycles. The normalized spacial score (nSPS) is 16.0. The molecule has 0 saturated carbocycles. The Morgan fingerprint density at radius 3 is 2.90 bits per heavy atom. The molecule has 1 saturated heterocycles. The number of nitrogens with zero attached hydrogens (tertiary/aromatic N) is 1. The molecule has 1 aliphatic rings. The van der Waals surface area contributed by atoms with Crippen LogP contribution in [0.3, 0.4) is 0 Å². The van der Waals surface area contributed by atoms with Crippen LogP contribution in [0.4, 0.5) is 0 Å². The molecule has 4 nitrogen and oxygen atoms in total. The third-order valence-electron chi connectivity index (χ3n) is 3.77. The van der Waals surface area contributed by atoms with Crippen molar-refractivity contribution in [2.75, 3.05) is 13.1 Å². The maximum absolute atomic E-state index is 12.4. The number of carbonyl (C=O) groups is 1. The fourth-order valence-electron chi connectivity index (χ4n) is 2.69. The molecule has 2 aromatic rings. The summed E-state index contributed by atoms with van der Waals surface area (Å²) in [6, 6.07) is 8.04. The zero-order valence-electron chi connectivity index (χ0n) is 11.6. The van der Waals surface area contributed by atoms with Crippen molar-refractivity contribution in [3.8, 4) is 0 Å². The number of hydrogen-bond donors (Lipinski definition) is 2. The molecule has 2 N–H and O–H groups in total. The van der Waals surface area contributed by atoms with Gasteiger partial charge in [0.05, 0.1) is 10.9 Å². The highest BCUT2D eigenvalue weighted by Gasteiger charge is 2.19. The van der Waals surface area contributed by atoms with E-state index in [1.54, 1.807) is 0 Å². The highest BCUT2D eigenvalue weighted by Crippen LogP contribution is 2.22. The molecule has 6 heteroatoms. The number of piperidine rings is 1. The van der Waals surface area contributed by atoms with E-state index in [9.17, 15) is 4.79 Å². The van der Waals surface area contributed by atoms with E-state index in [0.29, 0.717) is 12.6 Å². The molecule has 1 fully saturated rings. The van der Waals surface area contributed by atoms with Gasteiger partial charge in [-0.1, -0.05) is 11.6 Å². The first kappa shape index (κ1) is 14.6. The summed E-state index contributed by atoms with van der Waals surface area (Å²) >= 11 is 7.39. The second kappa shape index (κ2) is 6.64. The molecule has 2 aromatic heterocycles. The highest BCUT2D eigenvalue weighted by atomic mass is 35.5. The van der Waals surface area contributed by atoms with Crippen molar-refractivity contribution in [3.63, 3.8) is 0 Å². The fraction of sp³-hybridized carbons (Fsp3) is 0.400. The van der Waals surface area contributed by atoms with Crippen molar-refractivity contribution in [1.29, 1.82) is 0 Å². The minimum atomic E-state index is -0.0249. The van der Waals surface area contributed by atoms with Crippen LogP contribution in [0.2, 0.25) is 4.34 Å². The average Bonchev–Trinajstić information content (AvgIpc) is 3.14. The van der Waals surface area contributed by atoms with Gasteiger partial charge in [0.15, 0.2) is 0 Å². The summed E-state index contributed by atoms with van der Waals surface area (Å²) in [5.74, 6) is -0.0249. The van der Waals surface area contributed by atoms with Gasteiger partial charge >= 0.3 is 0 Å². The van der Waals surface area contributed by atoms with E-state index in [1.807, 2.05) is 30.5 Å². The molecule has 1 amide bonds. The largest absolute Gasteiger partial charge is 0.346 e. The van der Waals surface area contributed by atoms with Crippen molar-refractivity contribution >= 4 is 28.8 Å². The topological polar surface area (TPSA) is 46.1 Å². The lowest BCUT2D eigenvalue weighted by molar-refractivity contribution is 0.0938. The Morgan fingerprint density at radius 1 is 1.38 bits per heavy atom. The maximum atomic E-state index is 12.4. The van der Waals surface area contributed by atoms with Crippen LogP contribution in [0.5, 0.6) is 0 Å². The first-order valence-corrected chi connectivity index (χ1v) is 8.33. The molecule has 0 unspecified atom stereocenters. The Bertz CT molecular complexity index is 616. The number of thiophene rings is 1. The van der Waals surface area contributed by atoms with Gasteiger partial charge in [-0.2, -0.15) is 0 Å². The third-order valence-corrected chi connectivity index (χ3v) is 5.00. The van der Waals surface area contributed by atoms with Gasteiger partial charge < -0.3 is 15.2 Å². The summed E-state index contributed by atoms with van der Waals surface area (Å²) in [6.45, 7) is 2.54. The zero-order chi connectivity index (χ0) is 14.7.